The maximum atomic E-state index is 3.96. The third kappa shape index (κ3) is 13.5. The van der Waals surface area contributed by atoms with E-state index in [1.54, 1.807) is 6.08 Å². The molecule has 0 fully saturated rings. The minimum absolute atomic E-state index is 0. The maximum Gasteiger partial charge on any atom is -0.00133 e. The molecule has 8 rings (SSSR count). The van der Waals surface area contributed by atoms with Gasteiger partial charge in [-0.2, -0.15) is 0 Å². The van der Waals surface area contributed by atoms with Gasteiger partial charge in [-0.05, 0) is 136 Å². The highest BCUT2D eigenvalue weighted by Crippen LogP contribution is 2.42. The van der Waals surface area contributed by atoms with Crippen LogP contribution in [0.25, 0.3) is 50.1 Å². The van der Waals surface area contributed by atoms with E-state index in [9.17, 15) is 0 Å². The van der Waals surface area contributed by atoms with E-state index in [0.29, 0.717) is 0 Å². The lowest BCUT2D eigenvalue weighted by Gasteiger charge is -2.14. The van der Waals surface area contributed by atoms with Gasteiger partial charge in [0.15, 0.2) is 0 Å². The van der Waals surface area contributed by atoms with Gasteiger partial charge in [0.2, 0.25) is 0 Å². The first-order valence-corrected chi connectivity index (χ1v) is 21.7. The lowest BCUT2D eigenvalue weighted by Crippen LogP contribution is -1.91. The molecule has 0 amide bonds. The fourth-order valence-corrected chi connectivity index (χ4v) is 7.81. The molecule has 64 heavy (non-hydrogen) atoms. The summed E-state index contributed by atoms with van der Waals surface area (Å²) >= 11 is 0. The molecule has 0 saturated carbocycles. The average Bonchev–Trinajstić information content (AvgIpc) is 3.70. The minimum Gasteiger partial charge on any atom is -0.0990 e. The Kier molecular flexibility index (Phi) is 20.7. The maximum absolute atomic E-state index is 3.96. The SMILES string of the molecule is C.C.C=C/C=C(C=C)/C(=C/C(=C)C)/C=C(\C)c1ccccc1.CC.Cc1cccc(-c2cccc(-c3ccccc3)c2)c1.Cc1ccccc1-c1ccc2c(c1C)-c1ccccc1C2. The molecule has 0 heteroatoms. The zero-order valence-electron chi connectivity index (χ0n) is 37.9. The van der Waals surface area contributed by atoms with E-state index in [0.717, 1.165) is 23.1 Å². The van der Waals surface area contributed by atoms with Crippen LogP contribution in [0.15, 0.2) is 237 Å². The Morgan fingerprint density at radius 3 is 1.66 bits per heavy atom. The van der Waals surface area contributed by atoms with E-state index < -0.39 is 0 Å². The van der Waals surface area contributed by atoms with Gasteiger partial charge in [0.05, 0.1) is 0 Å². The van der Waals surface area contributed by atoms with E-state index in [1.807, 2.05) is 57.2 Å². The van der Waals surface area contributed by atoms with Gasteiger partial charge >= 0.3 is 0 Å². The molecule has 0 saturated heterocycles. The summed E-state index contributed by atoms with van der Waals surface area (Å²) in [5, 5.41) is 0. The van der Waals surface area contributed by atoms with Gasteiger partial charge in [-0.3, -0.25) is 0 Å². The van der Waals surface area contributed by atoms with Crippen molar-refractivity contribution < 1.29 is 0 Å². The number of hydrogen-bond acceptors (Lipinski definition) is 0. The van der Waals surface area contributed by atoms with Crippen molar-refractivity contribution in [2.24, 2.45) is 0 Å². The fourth-order valence-electron chi connectivity index (χ4n) is 7.81. The second kappa shape index (κ2) is 25.8. The van der Waals surface area contributed by atoms with Crippen molar-refractivity contribution in [3.05, 3.63) is 270 Å². The molecular formula is C64H70. The summed E-state index contributed by atoms with van der Waals surface area (Å²) < 4.78 is 0. The van der Waals surface area contributed by atoms with Crippen molar-refractivity contribution >= 4 is 5.57 Å². The Morgan fingerprint density at radius 1 is 0.500 bits per heavy atom. The zero-order valence-corrected chi connectivity index (χ0v) is 37.9. The zero-order chi connectivity index (χ0) is 44.4. The summed E-state index contributed by atoms with van der Waals surface area (Å²) in [5.74, 6) is 0. The smallest absolute Gasteiger partial charge is 0.00133 e. The van der Waals surface area contributed by atoms with Crippen LogP contribution in [-0.2, 0) is 6.42 Å². The molecule has 0 heterocycles. The van der Waals surface area contributed by atoms with Crippen LogP contribution in [0.5, 0.6) is 0 Å². The standard InChI is InChI=1S/C21H18.C20H22.C19H16.C2H6.2CH4/c1-14-7-3-5-9-18(14)19-12-11-17-13-16-8-4-6-10-20(16)21(17)15(19)2;1-6-11-18(7-2)20(14-16(3)4)15-17(5)19-12-9-8-10-13-19;1-15-7-5-10-17(13-15)19-12-6-11-18(14-19)16-8-3-2-4-9-16;1-2;;/h3-12H,13H2,1-2H3;6-15H,1-3H2,4-5H3;2-14H,1H3;1-2H3;2*1H4/b;17-15+,18-11+,20-14+;;;;. The van der Waals surface area contributed by atoms with Crippen LogP contribution in [0.3, 0.4) is 0 Å². The molecule has 0 bridgehead atoms. The summed E-state index contributed by atoms with van der Waals surface area (Å²) in [6, 6.07) is 60.2. The van der Waals surface area contributed by atoms with E-state index >= 15 is 0 Å². The molecule has 1 aliphatic carbocycles. The van der Waals surface area contributed by atoms with E-state index in [2.05, 4.69) is 205 Å². The Hall–Kier alpha value is -7.02. The van der Waals surface area contributed by atoms with Crippen molar-refractivity contribution in [3.63, 3.8) is 0 Å². The Balaban J connectivity index is 0.000000247. The van der Waals surface area contributed by atoms with Gasteiger partial charge in [0, 0.05) is 0 Å². The van der Waals surface area contributed by atoms with E-state index in [4.69, 9.17) is 0 Å². The molecule has 0 radical (unpaired) electrons. The highest BCUT2D eigenvalue weighted by Gasteiger charge is 2.21. The lowest BCUT2D eigenvalue weighted by molar-refractivity contribution is 1.26. The monoisotopic (exact) mass is 839 g/mol. The third-order valence-corrected chi connectivity index (χ3v) is 10.8. The third-order valence-electron chi connectivity index (χ3n) is 10.8. The van der Waals surface area contributed by atoms with Crippen molar-refractivity contribution in [3.8, 4) is 44.5 Å². The van der Waals surface area contributed by atoms with Crippen LogP contribution < -0.4 is 0 Å². The lowest BCUT2D eigenvalue weighted by atomic mass is 9.90. The molecule has 7 aromatic carbocycles. The Labute approximate surface area is 388 Å². The summed E-state index contributed by atoms with van der Waals surface area (Å²) in [6.45, 7) is 26.3. The van der Waals surface area contributed by atoms with Gasteiger partial charge in [0.1, 0.15) is 0 Å². The molecule has 7 aromatic rings. The number of rotatable bonds is 9. The van der Waals surface area contributed by atoms with Gasteiger partial charge in [-0.25, -0.2) is 0 Å². The van der Waals surface area contributed by atoms with Crippen LogP contribution >= 0.6 is 0 Å². The van der Waals surface area contributed by atoms with Gasteiger partial charge in [-0.1, -0.05) is 254 Å². The number of hydrogen-bond donors (Lipinski definition) is 0. The molecule has 1 aliphatic rings. The van der Waals surface area contributed by atoms with Crippen LogP contribution in [-0.4, -0.2) is 0 Å². The number of allylic oxidation sites excluding steroid dienone is 9. The first kappa shape index (κ1) is 51.3. The molecular weight excluding hydrogens is 769 g/mol. The molecule has 0 atom stereocenters. The normalized spacial score (nSPS) is 11.2. The quantitative estimate of drug-likeness (QED) is 0.127. The first-order chi connectivity index (χ1) is 30.2. The summed E-state index contributed by atoms with van der Waals surface area (Å²) in [7, 11) is 0. The van der Waals surface area contributed by atoms with Gasteiger partial charge < -0.3 is 0 Å². The van der Waals surface area contributed by atoms with Crippen LogP contribution in [0.4, 0.5) is 0 Å². The van der Waals surface area contributed by atoms with Crippen molar-refractivity contribution in [1.29, 1.82) is 0 Å². The number of benzene rings is 7. The number of fused-ring (bicyclic) bond motifs is 3. The van der Waals surface area contributed by atoms with Crippen molar-refractivity contribution in [2.75, 3.05) is 0 Å². The molecule has 0 nitrogen and oxygen atoms in total. The van der Waals surface area contributed by atoms with Gasteiger partial charge in [-0.15, -0.1) is 0 Å². The van der Waals surface area contributed by atoms with Crippen molar-refractivity contribution in [1.82, 2.24) is 0 Å². The predicted molar refractivity (Wildman–Crippen MR) is 288 cm³/mol. The summed E-state index contributed by atoms with van der Waals surface area (Å²) in [5.41, 5.74) is 23.2. The topological polar surface area (TPSA) is 0 Å². The molecule has 0 aliphatic heterocycles. The van der Waals surface area contributed by atoms with E-state index in [-0.39, 0.29) is 14.9 Å². The fraction of sp³-hybridized carbons (Fsp3) is 0.156. The Bertz CT molecular complexity index is 2700. The summed E-state index contributed by atoms with van der Waals surface area (Å²) in [6.07, 6.45) is 10.8. The number of aryl methyl sites for hydroxylation is 2. The first-order valence-electron chi connectivity index (χ1n) is 21.7. The second-order valence-electron chi connectivity index (χ2n) is 15.4. The molecule has 0 unspecified atom stereocenters. The highest BCUT2D eigenvalue weighted by atomic mass is 14.3. The summed E-state index contributed by atoms with van der Waals surface area (Å²) in [4.78, 5) is 0. The van der Waals surface area contributed by atoms with E-state index in [1.165, 1.54) is 83.5 Å². The molecule has 326 valence electrons. The second-order valence-corrected chi connectivity index (χ2v) is 15.4. The highest BCUT2D eigenvalue weighted by molar-refractivity contribution is 5.86. The van der Waals surface area contributed by atoms with Crippen LogP contribution in [0.2, 0.25) is 0 Å². The molecule has 0 aromatic heterocycles. The molecule has 0 N–H and O–H groups in total. The van der Waals surface area contributed by atoms with Gasteiger partial charge in [0.25, 0.3) is 0 Å². The predicted octanol–water partition coefficient (Wildman–Crippen LogP) is 19.1. The minimum atomic E-state index is 0. The molecule has 0 spiro atoms. The Morgan fingerprint density at radius 2 is 1.05 bits per heavy atom. The largest absolute Gasteiger partial charge is 0.0990 e. The van der Waals surface area contributed by atoms with Crippen LogP contribution in [0, 0.1) is 20.8 Å². The van der Waals surface area contributed by atoms with Crippen molar-refractivity contribution in [2.45, 2.75) is 69.7 Å². The average molecular weight is 839 g/mol. The van der Waals surface area contributed by atoms with Crippen LogP contribution in [0.1, 0.15) is 75.9 Å².